The topological polar surface area (TPSA) is 93.3 Å². The maximum atomic E-state index is 9.24. The third-order valence-corrected chi connectivity index (χ3v) is 4.51. The van der Waals surface area contributed by atoms with E-state index in [1.807, 2.05) is 0 Å². The van der Waals surface area contributed by atoms with Crippen molar-refractivity contribution in [2.45, 2.75) is 31.7 Å². The van der Waals surface area contributed by atoms with Crippen LogP contribution in [0.4, 0.5) is 11.8 Å². The van der Waals surface area contributed by atoms with Crippen LogP contribution in [0.15, 0.2) is 30.5 Å². The van der Waals surface area contributed by atoms with Gasteiger partial charge in [-0.15, -0.1) is 0 Å². The molecule has 24 heavy (non-hydrogen) atoms. The van der Waals surface area contributed by atoms with Gasteiger partial charge in [-0.2, -0.15) is 4.98 Å². The number of nitrogens with zero attached hydrogens (tertiary/aromatic N) is 2. The highest BCUT2D eigenvalue weighted by Crippen LogP contribution is 2.32. The molecule has 4 N–H and O–H groups in total. The Morgan fingerprint density at radius 3 is 2.58 bits per heavy atom. The lowest BCUT2D eigenvalue weighted by Crippen LogP contribution is -2.28. The standard InChI is InChI=1S/C17H21ClN4O2/c18-12-3-7-14(8-4-12)24-15-9-20-17(19)22-16(15)21-13-5-1-11(10-23)2-6-13/h3-4,7-9,11,13,23H,1-2,5-6,10H2,(H3,19,20,21,22). The van der Waals surface area contributed by atoms with Crippen molar-refractivity contribution < 1.29 is 9.84 Å². The van der Waals surface area contributed by atoms with Crippen LogP contribution in [-0.4, -0.2) is 27.7 Å². The molecule has 1 aromatic carbocycles. The molecule has 1 heterocycles. The third-order valence-electron chi connectivity index (χ3n) is 4.26. The number of anilines is 2. The summed E-state index contributed by atoms with van der Waals surface area (Å²) in [5, 5.41) is 13.3. The van der Waals surface area contributed by atoms with Crippen LogP contribution in [0, 0.1) is 5.92 Å². The first kappa shape index (κ1) is 16.8. The van der Waals surface area contributed by atoms with Gasteiger partial charge < -0.3 is 20.9 Å². The van der Waals surface area contributed by atoms with Gasteiger partial charge in [-0.3, -0.25) is 0 Å². The number of nitrogens with two attached hydrogens (primary N) is 1. The molecule has 0 saturated heterocycles. The van der Waals surface area contributed by atoms with Crippen LogP contribution in [-0.2, 0) is 0 Å². The Bertz CT molecular complexity index is 673. The van der Waals surface area contributed by atoms with Crippen molar-refractivity contribution in [3.8, 4) is 11.5 Å². The van der Waals surface area contributed by atoms with Crippen molar-refractivity contribution in [1.29, 1.82) is 0 Å². The Balaban J connectivity index is 1.72. The maximum Gasteiger partial charge on any atom is 0.222 e. The lowest BCUT2D eigenvalue weighted by atomic mass is 9.86. The molecule has 6 nitrogen and oxygen atoms in total. The van der Waals surface area contributed by atoms with Crippen molar-refractivity contribution in [3.63, 3.8) is 0 Å². The van der Waals surface area contributed by atoms with Crippen LogP contribution in [0.3, 0.4) is 0 Å². The van der Waals surface area contributed by atoms with Gasteiger partial charge >= 0.3 is 0 Å². The number of nitrogen functional groups attached to an aromatic ring is 1. The van der Waals surface area contributed by atoms with Crippen molar-refractivity contribution in [2.24, 2.45) is 5.92 Å². The average Bonchev–Trinajstić information content (AvgIpc) is 2.60. The van der Waals surface area contributed by atoms with Gasteiger partial charge in [0.1, 0.15) is 5.75 Å². The van der Waals surface area contributed by atoms with Crippen molar-refractivity contribution >= 4 is 23.4 Å². The molecule has 0 atom stereocenters. The molecule has 2 aromatic rings. The van der Waals surface area contributed by atoms with Gasteiger partial charge in [0.05, 0.1) is 6.20 Å². The fraction of sp³-hybridized carbons (Fsp3) is 0.412. The summed E-state index contributed by atoms with van der Waals surface area (Å²) in [6, 6.07) is 7.38. The van der Waals surface area contributed by atoms with Crippen molar-refractivity contribution in [1.82, 2.24) is 9.97 Å². The molecule has 7 heteroatoms. The molecule has 3 rings (SSSR count). The van der Waals surface area contributed by atoms with Gasteiger partial charge in [-0.05, 0) is 55.9 Å². The molecule has 1 fully saturated rings. The Hall–Kier alpha value is -2.05. The SMILES string of the molecule is Nc1ncc(Oc2ccc(Cl)cc2)c(NC2CCC(CO)CC2)n1. The van der Waals surface area contributed by atoms with Crippen LogP contribution in [0.5, 0.6) is 11.5 Å². The van der Waals surface area contributed by atoms with E-state index >= 15 is 0 Å². The molecule has 0 aliphatic heterocycles. The molecule has 0 radical (unpaired) electrons. The molecular formula is C17H21ClN4O2. The molecule has 0 unspecified atom stereocenters. The number of halogens is 1. The summed E-state index contributed by atoms with van der Waals surface area (Å²) >= 11 is 5.89. The second kappa shape index (κ2) is 7.68. The van der Waals surface area contributed by atoms with Gasteiger partial charge in [0.2, 0.25) is 5.95 Å². The molecule has 1 saturated carbocycles. The van der Waals surface area contributed by atoms with Gasteiger partial charge in [0, 0.05) is 17.7 Å². The average molecular weight is 349 g/mol. The summed E-state index contributed by atoms with van der Waals surface area (Å²) in [5.41, 5.74) is 5.72. The Labute approximate surface area is 146 Å². The molecule has 1 aromatic heterocycles. The molecule has 128 valence electrons. The zero-order valence-corrected chi connectivity index (χ0v) is 14.0. The van der Waals surface area contributed by atoms with E-state index in [2.05, 4.69) is 15.3 Å². The number of ether oxygens (including phenoxy) is 1. The van der Waals surface area contributed by atoms with E-state index < -0.39 is 0 Å². The quantitative estimate of drug-likeness (QED) is 0.766. The largest absolute Gasteiger partial charge is 0.452 e. The van der Waals surface area contributed by atoms with E-state index in [-0.39, 0.29) is 18.6 Å². The van der Waals surface area contributed by atoms with Crippen LogP contribution in [0.1, 0.15) is 25.7 Å². The summed E-state index contributed by atoms with van der Waals surface area (Å²) in [4.78, 5) is 8.29. The minimum atomic E-state index is 0.199. The lowest BCUT2D eigenvalue weighted by Gasteiger charge is -2.28. The summed E-state index contributed by atoms with van der Waals surface area (Å²) in [7, 11) is 0. The molecular weight excluding hydrogens is 328 g/mol. The van der Waals surface area contributed by atoms with E-state index in [1.54, 1.807) is 30.5 Å². The summed E-state index contributed by atoms with van der Waals surface area (Å²) in [5.74, 6) is 2.37. The molecule has 0 bridgehead atoms. The first-order valence-electron chi connectivity index (χ1n) is 8.07. The fourth-order valence-corrected chi connectivity index (χ4v) is 3.00. The van der Waals surface area contributed by atoms with Crippen LogP contribution >= 0.6 is 11.6 Å². The van der Waals surface area contributed by atoms with Gasteiger partial charge in [-0.25, -0.2) is 4.98 Å². The minimum Gasteiger partial charge on any atom is -0.452 e. The fourth-order valence-electron chi connectivity index (χ4n) is 2.87. The number of aromatic nitrogens is 2. The van der Waals surface area contributed by atoms with E-state index in [0.29, 0.717) is 28.3 Å². The number of rotatable bonds is 5. The zero-order chi connectivity index (χ0) is 16.9. The van der Waals surface area contributed by atoms with Gasteiger partial charge in [0.25, 0.3) is 0 Å². The van der Waals surface area contributed by atoms with Gasteiger partial charge in [0.15, 0.2) is 11.6 Å². The minimum absolute atomic E-state index is 0.199. The van der Waals surface area contributed by atoms with E-state index in [1.165, 1.54) is 0 Å². The zero-order valence-electron chi connectivity index (χ0n) is 13.3. The predicted molar refractivity (Wildman–Crippen MR) is 94.4 cm³/mol. The highest BCUT2D eigenvalue weighted by atomic mass is 35.5. The number of hydrogen-bond acceptors (Lipinski definition) is 6. The Morgan fingerprint density at radius 2 is 1.92 bits per heavy atom. The summed E-state index contributed by atoms with van der Waals surface area (Å²) < 4.78 is 5.86. The van der Waals surface area contributed by atoms with Gasteiger partial charge in [-0.1, -0.05) is 11.6 Å². The lowest BCUT2D eigenvalue weighted by molar-refractivity contribution is 0.185. The van der Waals surface area contributed by atoms with Crippen LogP contribution in [0.2, 0.25) is 5.02 Å². The predicted octanol–water partition coefficient (Wildman–Crippen LogP) is 3.47. The molecule has 0 spiro atoms. The third kappa shape index (κ3) is 4.27. The van der Waals surface area contributed by atoms with E-state index in [4.69, 9.17) is 22.1 Å². The highest BCUT2D eigenvalue weighted by Gasteiger charge is 2.22. The Morgan fingerprint density at radius 1 is 1.21 bits per heavy atom. The van der Waals surface area contributed by atoms with Crippen molar-refractivity contribution in [2.75, 3.05) is 17.7 Å². The maximum absolute atomic E-state index is 9.24. The monoisotopic (exact) mass is 348 g/mol. The number of aliphatic hydroxyl groups excluding tert-OH is 1. The summed E-state index contributed by atoms with van der Waals surface area (Å²) in [6.45, 7) is 0.262. The molecule has 1 aliphatic rings. The normalized spacial score (nSPS) is 20.6. The second-order valence-corrected chi connectivity index (χ2v) is 6.48. The molecule has 1 aliphatic carbocycles. The first-order valence-corrected chi connectivity index (χ1v) is 8.45. The number of aliphatic hydroxyl groups is 1. The van der Waals surface area contributed by atoms with E-state index in [0.717, 1.165) is 25.7 Å². The van der Waals surface area contributed by atoms with E-state index in [9.17, 15) is 5.11 Å². The number of hydrogen-bond donors (Lipinski definition) is 3. The van der Waals surface area contributed by atoms with Crippen LogP contribution < -0.4 is 15.8 Å². The smallest absolute Gasteiger partial charge is 0.222 e. The highest BCUT2D eigenvalue weighted by molar-refractivity contribution is 6.30. The van der Waals surface area contributed by atoms with Crippen LogP contribution in [0.25, 0.3) is 0 Å². The Kier molecular flexibility index (Phi) is 5.37. The summed E-state index contributed by atoms with van der Waals surface area (Å²) in [6.07, 6.45) is 5.54. The first-order chi connectivity index (χ1) is 11.6. The number of nitrogens with one attached hydrogen (secondary N) is 1. The van der Waals surface area contributed by atoms with Crippen molar-refractivity contribution in [3.05, 3.63) is 35.5 Å². The second-order valence-electron chi connectivity index (χ2n) is 6.04. The number of benzene rings is 1. The molecule has 0 amide bonds.